The van der Waals surface area contributed by atoms with Crippen LogP contribution in [0.1, 0.15) is 19.0 Å². The minimum Gasteiger partial charge on any atom is -0.276 e. The zero-order valence-electron chi connectivity index (χ0n) is 23.7. The van der Waals surface area contributed by atoms with Gasteiger partial charge in [0.2, 0.25) is 5.95 Å². The van der Waals surface area contributed by atoms with Crippen molar-refractivity contribution in [2.75, 3.05) is 0 Å². The lowest BCUT2D eigenvalue weighted by atomic mass is 9.95. The normalized spacial score (nSPS) is 15.3. The van der Waals surface area contributed by atoms with Crippen LogP contribution in [0.25, 0.3) is 75.5 Å². The fraction of sp³-hybridized carbons (Fsp3) is 0.0769. The van der Waals surface area contributed by atoms with E-state index in [0.29, 0.717) is 11.9 Å². The van der Waals surface area contributed by atoms with E-state index < -0.39 is 0 Å². The molecule has 3 heterocycles. The number of hydrogen-bond donors (Lipinski definition) is 0. The number of aromatic nitrogens is 3. The fourth-order valence-corrected chi connectivity index (χ4v) is 8.04. The van der Waals surface area contributed by atoms with Crippen LogP contribution in [0.15, 0.2) is 127 Å². The van der Waals surface area contributed by atoms with Crippen LogP contribution in [0.5, 0.6) is 0 Å². The summed E-state index contributed by atoms with van der Waals surface area (Å²) in [6, 6.07) is 39.0. The van der Waals surface area contributed by atoms with Crippen LogP contribution in [-0.4, -0.2) is 14.5 Å². The molecule has 5 aromatic carbocycles. The summed E-state index contributed by atoms with van der Waals surface area (Å²) >= 11 is 1.86. The Kier molecular flexibility index (Phi) is 5.41. The molecule has 0 bridgehead atoms. The van der Waals surface area contributed by atoms with Gasteiger partial charge in [-0.05, 0) is 46.9 Å². The van der Waals surface area contributed by atoms with Gasteiger partial charge in [-0.3, -0.25) is 4.57 Å². The van der Waals surface area contributed by atoms with Crippen molar-refractivity contribution in [1.29, 1.82) is 0 Å². The number of allylic oxidation sites excluding steroid dienone is 4. The molecule has 1 aliphatic carbocycles. The maximum atomic E-state index is 5.34. The molecular formula is C39H27N3S. The van der Waals surface area contributed by atoms with Crippen molar-refractivity contribution in [3.63, 3.8) is 0 Å². The molecule has 0 N–H and O–H groups in total. The van der Waals surface area contributed by atoms with Gasteiger partial charge >= 0.3 is 0 Å². The highest BCUT2D eigenvalue weighted by atomic mass is 32.1. The molecule has 1 aliphatic rings. The lowest BCUT2D eigenvalue weighted by Crippen LogP contribution is -2.06. The van der Waals surface area contributed by atoms with Gasteiger partial charge in [-0.1, -0.05) is 116 Å². The summed E-state index contributed by atoms with van der Waals surface area (Å²) in [7, 11) is 0. The molecule has 0 fully saturated rings. The monoisotopic (exact) mass is 569 g/mol. The molecule has 0 saturated heterocycles. The van der Waals surface area contributed by atoms with E-state index in [2.05, 4.69) is 139 Å². The highest BCUT2D eigenvalue weighted by molar-refractivity contribution is 7.27. The standard InChI is InChI=1S/C39H27N3S/c1-24-12-11-15-26(22-24)32-23-31(25-13-3-2-4-14-25)40-39(41-32)42-33-20-9-7-18-29(33)35-27-16-5-6-17-28(27)36-30-19-8-10-21-34(30)43-38(36)37(35)42/h2-11,13-24H,12H2,1H3. The van der Waals surface area contributed by atoms with Crippen LogP contribution < -0.4 is 0 Å². The summed E-state index contributed by atoms with van der Waals surface area (Å²) in [5, 5.41) is 7.62. The van der Waals surface area contributed by atoms with Gasteiger partial charge in [-0.15, -0.1) is 11.3 Å². The van der Waals surface area contributed by atoms with Crippen LogP contribution >= 0.6 is 11.3 Å². The second-order valence-electron chi connectivity index (χ2n) is 11.5. The molecule has 43 heavy (non-hydrogen) atoms. The highest BCUT2D eigenvalue weighted by Crippen LogP contribution is 2.47. The van der Waals surface area contributed by atoms with Crippen molar-refractivity contribution in [1.82, 2.24) is 14.5 Å². The first-order valence-electron chi connectivity index (χ1n) is 14.8. The van der Waals surface area contributed by atoms with Crippen molar-refractivity contribution in [3.05, 3.63) is 133 Å². The first-order chi connectivity index (χ1) is 21.2. The van der Waals surface area contributed by atoms with E-state index in [9.17, 15) is 0 Å². The smallest absolute Gasteiger partial charge is 0.235 e. The lowest BCUT2D eigenvalue weighted by Gasteiger charge is -2.15. The van der Waals surface area contributed by atoms with Crippen molar-refractivity contribution < 1.29 is 0 Å². The van der Waals surface area contributed by atoms with Gasteiger partial charge in [-0.2, -0.15) is 0 Å². The number of rotatable bonds is 3. The van der Waals surface area contributed by atoms with Crippen molar-refractivity contribution in [3.8, 4) is 17.2 Å². The molecule has 0 amide bonds. The van der Waals surface area contributed by atoms with Crippen molar-refractivity contribution >= 4 is 69.7 Å². The number of nitrogens with zero attached hydrogens (tertiary/aromatic N) is 3. The maximum absolute atomic E-state index is 5.34. The molecule has 3 aromatic heterocycles. The third-order valence-corrected chi connectivity index (χ3v) is 9.88. The summed E-state index contributed by atoms with van der Waals surface area (Å²) in [5.74, 6) is 1.17. The van der Waals surface area contributed by atoms with E-state index in [1.807, 2.05) is 11.3 Å². The molecule has 1 atom stereocenters. The fourth-order valence-electron chi connectivity index (χ4n) is 6.78. The quantitative estimate of drug-likeness (QED) is 0.212. The Morgan fingerprint density at radius 1 is 0.698 bits per heavy atom. The average Bonchev–Trinajstić information content (AvgIpc) is 3.62. The third-order valence-electron chi connectivity index (χ3n) is 8.70. The molecule has 0 spiro atoms. The summed E-state index contributed by atoms with van der Waals surface area (Å²) in [6.45, 7) is 2.26. The molecule has 204 valence electrons. The van der Waals surface area contributed by atoms with Gasteiger partial charge in [0.05, 0.1) is 27.1 Å². The van der Waals surface area contributed by atoms with Crippen LogP contribution in [0.4, 0.5) is 0 Å². The Hall–Kier alpha value is -5.06. The number of fused-ring (bicyclic) bond motifs is 10. The van der Waals surface area contributed by atoms with E-state index in [1.54, 1.807) is 0 Å². The molecular weight excluding hydrogens is 543 g/mol. The third kappa shape index (κ3) is 3.73. The van der Waals surface area contributed by atoms with Crippen molar-refractivity contribution in [2.24, 2.45) is 5.92 Å². The topological polar surface area (TPSA) is 30.7 Å². The molecule has 9 rings (SSSR count). The van der Waals surface area contributed by atoms with Gasteiger partial charge in [0.25, 0.3) is 0 Å². The van der Waals surface area contributed by atoms with E-state index >= 15 is 0 Å². The lowest BCUT2D eigenvalue weighted by molar-refractivity contribution is 0.739. The summed E-state index contributed by atoms with van der Waals surface area (Å²) in [5.41, 5.74) is 6.40. The molecule has 0 aliphatic heterocycles. The number of para-hydroxylation sites is 1. The summed E-state index contributed by atoms with van der Waals surface area (Å²) in [6.07, 6.45) is 7.86. The first kappa shape index (κ1) is 24.5. The Labute approximate surface area is 253 Å². The molecule has 3 nitrogen and oxygen atoms in total. The Morgan fingerprint density at radius 3 is 2.19 bits per heavy atom. The Balaban J connectivity index is 1.48. The second kappa shape index (κ2) is 9.48. The molecule has 4 heteroatoms. The predicted molar refractivity (Wildman–Crippen MR) is 183 cm³/mol. The molecule has 8 aromatic rings. The number of thiophene rings is 1. The van der Waals surface area contributed by atoms with Crippen LogP contribution in [0, 0.1) is 5.92 Å². The molecule has 0 radical (unpaired) electrons. The van der Waals surface area contributed by atoms with Crippen LogP contribution in [0.3, 0.4) is 0 Å². The number of hydrogen-bond acceptors (Lipinski definition) is 3. The number of benzene rings is 5. The van der Waals surface area contributed by atoms with E-state index in [1.165, 1.54) is 47.2 Å². The van der Waals surface area contributed by atoms with E-state index in [-0.39, 0.29) is 0 Å². The van der Waals surface area contributed by atoms with Crippen LogP contribution in [0.2, 0.25) is 0 Å². The Morgan fingerprint density at radius 2 is 1.37 bits per heavy atom. The van der Waals surface area contributed by atoms with Crippen LogP contribution in [-0.2, 0) is 0 Å². The van der Waals surface area contributed by atoms with E-state index in [0.717, 1.165) is 34.5 Å². The van der Waals surface area contributed by atoms with Gasteiger partial charge in [0, 0.05) is 31.8 Å². The highest BCUT2D eigenvalue weighted by Gasteiger charge is 2.23. The van der Waals surface area contributed by atoms with Gasteiger partial charge in [0.15, 0.2) is 0 Å². The summed E-state index contributed by atoms with van der Waals surface area (Å²) < 4.78 is 4.88. The zero-order chi connectivity index (χ0) is 28.5. The Bertz CT molecular complexity index is 2440. The predicted octanol–water partition coefficient (Wildman–Crippen LogP) is 10.7. The van der Waals surface area contributed by atoms with Gasteiger partial charge in [0.1, 0.15) is 0 Å². The molecule has 0 saturated carbocycles. The average molecular weight is 570 g/mol. The van der Waals surface area contributed by atoms with Gasteiger partial charge in [-0.25, -0.2) is 9.97 Å². The SMILES string of the molecule is CC1C=C(c2cc(-c3ccccc3)nc(-n3c4ccccc4c4c5ccccc5c5c6ccccc6sc5c43)n2)C=CC1. The first-order valence-corrected chi connectivity index (χ1v) is 15.6. The minimum atomic E-state index is 0.469. The minimum absolute atomic E-state index is 0.469. The zero-order valence-corrected chi connectivity index (χ0v) is 24.5. The molecule has 1 unspecified atom stereocenters. The largest absolute Gasteiger partial charge is 0.276 e. The van der Waals surface area contributed by atoms with Crippen molar-refractivity contribution in [2.45, 2.75) is 13.3 Å². The van der Waals surface area contributed by atoms with E-state index in [4.69, 9.17) is 9.97 Å². The van der Waals surface area contributed by atoms with Gasteiger partial charge < -0.3 is 0 Å². The second-order valence-corrected chi connectivity index (χ2v) is 12.5. The maximum Gasteiger partial charge on any atom is 0.235 e. The summed E-state index contributed by atoms with van der Waals surface area (Å²) in [4.78, 5) is 10.6.